The molecule has 0 aromatic heterocycles. The summed E-state index contributed by atoms with van der Waals surface area (Å²) in [5, 5.41) is 13.3. The summed E-state index contributed by atoms with van der Waals surface area (Å²) < 4.78 is 0. The Morgan fingerprint density at radius 1 is 0.344 bits per heavy atom. The van der Waals surface area contributed by atoms with Crippen LogP contribution in [0.3, 0.4) is 0 Å². The molecule has 10 nitrogen and oxygen atoms in total. The van der Waals surface area contributed by atoms with Gasteiger partial charge in [0.15, 0.2) is 0 Å². The van der Waals surface area contributed by atoms with Gasteiger partial charge in [0.2, 0.25) is 0 Å². The van der Waals surface area contributed by atoms with Gasteiger partial charge in [0.1, 0.15) is 0 Å². The van der Waals surface area contributed by atoms with Crippen molar-refractivity contribution < 1.29 is 0 Å². The van der Waals surface area contributed by atoms with Gasteiger partial charge in [-0.3, -0.25) is 4.90 Å². The first-order chi connectivity index (χ1) is 26.2. The highest BCUT2D eigenvalue weighted by Crippen LogP contribution is 2.04. The van der Waals surface area contributed by atoms with Crippen molar-refractivity contribution in [2.45, 2.75) is 76.2 Å². The van der Waals surface area contributed by atoms with Crippen molar-refractivity contribution in [1.29, 1.82) is 0 Å². The van der Waals surface area contributed by atoms with Crippen LogP contribution >= 0.6 is 39.6 Å². The van der Waals surface area contributed by atoms with Crippen LogP contribution in [0.5, 0.6) is 0 Å². The molecule has 0 aliphatic rings. The topological polar surface area (TPSA) is 181 Å². The zero-order valence-corrected chi connectivity index (χ0v) is 42.4. The van der Waals surface area contributed by atoms with Crippen LogP contribution in [0.2, 0.25) is 0 Å². The Morgan fingerprint density at radius 2 is 0.623 bits per heavy atom. The molecule has 14 N–H and O–H groups in total. The van der Waals surface area contributed by atoms with Gasteiger partial charge in [-0.1, -0.05) is 142 Å². The van der Waals surface area contributed by atoms with E-state index in [9.17, 15) is 0 Å². The SMILES string of the molecule is C.C.C.Cc1ccc(CN)cc1.Cc1ccc(CNCCN(CCN)CCN)cc1.Cc1ccc(CNCCN)cc1.Cc1ccc(CNCCNCCN)cc1.P.P.P.P. The highest BCUT2D eigenvalue weighted by Gasteiger charge is 2.02. The second kappa shape index (κ2) is 50.8. The first-order valence-corrected chi connectivity index (χ1v) is 19.5. The van der Waals surface area contributed by atoms with Crippen molar-refractivity contribution in [3.05, 3.63) is 142 Å². The van der Waals surface area contributed by atoms with Crippen molar-refractivity contribution in [1.82, 2.24) is 26.2 Å². The number of nitrogens with two attached hydrogens (primary N) is 5. The van der Waals surface area contributed by atoms with Crippen molar-refractivity contribution in [2.24, 2.45) is 28.7 Å². The standard InChI is InChI=1S/C14H26N4.C12H21N3.C10H16N2.C8H11N.3CH4.4H3P/c1-13-2-4-14(5-3-13)12-17-8-11-18(9-6-15)10-7-16;1-11-2-4-12(5-3-11)10-15-9-8-14-7-6-13;1-9-2-4-10(5-3-9)8-12-7-6-11;1-7-2-4-8(6-9)5-3-7;;;;;;;/h2-5,17H,6-12,15-16H2,1H3;2-5,14-15H,6-10,13H2,1H3;2-5,12H,6-8,11H2,1H3;2-5H,6,9H2,1H3;3*1H4;4*1H3. The van der Waals surface area contributed by atoms with Gasteiger partial charge in [0.05, 0.1) is 0 Å². The van der Waals surface area contributed by atoms with Crippen LogP contribution in [-0.2, 0) is 26.2 Å². The van der Waals surface area contributed by atoms with E-state index in [-0.39, 0.29) is 61.9 Å². The second-order valence-electron chi connectivity index (χ2n) is 13.4. The molecule has 0 aliphatic heterocycles. The predicted molar refractivity (Wildman–Crippen MR) is 298 cm³/mol. The zero-order chi connectivity index (χ0) is 39.7. The van der Waals surface area contributed by atoms with E-state index in [1.54, 1.807) is 0 Å². The van der Waals surface area contributed by atoms with Crippen molar-refractivity contribution in [2.75, 3.05) is 78.5 Å². The lowest BCUT2D eigenvalue weighted by Crippen LogP contribution is -2.38. The minimum atomic E-state index is 0. The van der Waals surface area contributed by atoms with Crippen molar-refractivity contribution >= 4 is 39.6 Å². The van der Waals surface area contributed by atoms with E-state index in [1.807, 2.05) is 0 Å². The maximum Gasteiger partial charge on any atom is 0.0206 e. The molecule has 4 unspecified atom stereocenters. The molecule has 0 aliphatic carbocycles. The van der Waals surface area contributed by atoms with Crippen LogP contribution in [0.1, 0.15) is 66.8 Å². The number of aryl methyl sites for hydroxylation is 4. The van der Waals surface area contributed by atoms with E-state index in [1.165, 1.54) is 44.5 Å². The summed E-state index contributed by atoms with van der Waals surface area (Å²) in [6, 6.07) is 34.0. The lowest BCUT2D eigenvalue weighted by molar-refractivity contribution is 0.287. The Labute approximate surface area is 389 Å². The van der Waals surface area contributed by atoms with Crippen LogP contribution in [0.15, 0.2) is 97.1 Å². The molecule has 0 bridgehead atoms. The number of nitrogens with one attached hydrogen (secondary N) is 4. The van der Waals surface area contributed by atoms with Gasteiger partial charge in [0, 0.05) is 105 Å². The molecule has 0 amide bonds. The molecular formula is C47H98N10P4. The van der Waals surface area contributed by atoms with Gasteiger partial charge in [-0.15, -0.1) is 0 Å². The Bertz CT molecular complexity index is 1410. The van der Waals surface area contributed by atoms with Crippen LogP contribution in [-0.4, -0.2) is 83.4 Å². The molecule has 4 atom stereocenters. The summed E-state index contributed by atoms with van der Waals surface area (Å²) >= 11 is 0. The lowest BCUT2D eigenvalue weighted by atomic mass is 10.1. The summed E-state index contributed by atoms with van der Waals surface area (Å²) in [6.07, 6.45) is 0. The smallest absolute Gasteiger partial charge is 0.0206 e. The Kier molecular flexibility index (Phi) is 61.3. The first-order valence-electron chi connectivity index (χ1n) is 19.5. The van der Waals surface area contributed by atoms with Gasteiger partial charge in [-0.05, 0) is 49.9 Å². The Morgan fingerprint density at radius 3 is 0.934 bits per heavy atom. The van der Waals surface area contributed by atoms with Crippen molar-refractivity contribution in [3.8, 4) is 0 Å². The van der Waals surface area contributed by atoms with E-state index in [4.69, 9.17) is 28.7 Å². The zero-order valence-electron chi connectivity index (χ0n) is 36.7. The summed E-state index contributed by atoms with van der Waals surface area (Å²) in [4.78, 5) is 2.29. The maximum absolute atomic E-state index is 5.57. The van der Waals surface area contributed by atoms with Crippen LogP contribution in [0.25, 0.3) is 0 Å². The average molecular weight is 927 g/mol. The normalized spacial score (nSPS) is 9.28. The number of nitrogens with zero attached hydrogens (tertiary/aromatic N) is 1. The van der Waals surface area contributed by atoms with Gasteiger partial charge in [0.25, 0.3) is 0 Å². The quantitative estimate of drug-likeness (QED) is 0.0379. The molecule has 0 radical (unpaired) electrons. The molecule has 0 saturated carbocycles. The molecule has 4 aromatic carbocycles. The fraction of sp³-hybridized carbons (Fsp3) is 0.489. The van der Waals surface area contributed by atoms with Gasteiger partial charge in [-0.2, -0.15) is 39.6 Å². The fourth-order valence-corrected chi connectivity index (χ4v) is 4.98. The summed E-state index contributed by atoms with van der Waals surface area (Å²) in [5.74, 6) is 0. The highest BCUT2D eigenvalue weighted by atomic mass is 31.0. The van der Waals surface area contributed by atoms with Crippen LogP contribution in [0, 0.1) is 27.7 Å². The molecule has 61 heavy (non-hydrogen) atoms. The van der Waals surface area contributed by atoms with Gasteiger partial charge in [-0.25, -0.2) is 0 Å². The third-order valence-electron chi connectivity index (χ3n) is 8.32. The monoisotopic (exact) mass is 927 g/mol. The third-order valence-corrected chi connectivity index (χ3v) is 8.32. The Balaban J connectivity index is -0.000000126. The fourth-order valence-electron chi connectivity index (χ4n) is 4.98. The molecule has 0 fully saturated rings. The molecule has 0 heterocycles. The summed E-state index contributed by atoms with van der Waals surface area (Å²) in [5.41, 5.74) is 37.6. The number of hydrogen-bond acceptors (Lipinski definition) is 10. The van der Waals surface area contributed by atoms with E-state index >= 15 is 0 Å². The van der Waals surface area contributed by atoms with Crippen molar-refractivity contribution in [3.63, 3.8) is 0 Å². The van der Waals surface area contributed by atoms with E-state index in [2.05, 4.69) is 151 Å². The molecular weight excluding hydrogens is 828 g/mol. The first kappa shape index (κ1) is 73.6. The average Bonchev–Trinajstić information content (AvgIpc) is 3.18. The molecule has 0 spiro atoms. The number of benzene rings is 4. The number of rotatable bonds is 21. The molecule has 4 rings (SSSR count). The van der Waals surface area contributed by atoms with E-state index in [0.29, 0.717) is 32.7 Å². The largest absolute Gasteiger partial charge is 0.329 e. The molecule has 4 aromatic rings. The maximum atomic E-state index is 5.57. The molecule has 14 heteroatoms. The van der Waals surface area contributed by atoms with Gasteiger partial charge < -0.3 is 49.9 Å². The van der Waals surface area contributed by atoms with E-state index < -0.39 is 0 Å². The van der Waals surface area contributed by atoms with E-state index in [0.717, 1.165) is 72.0 Å². The number of hydrogen-bond donors (Lipinski definition) is 9. The van der Waals surface area contributed by atoms with Gasteiger partial charge >= 0.3 is 0 Å². The molecule has 0 saturated heterocycles. The third kappa shape index (κ3) is 41.9. The summed E-state index contributed by atoms with van der Waals surface area (Å²) in [7, 11) is 0. The molecule has 356 valence electrons. The summed E-state index contributed by atoms with van der Waals surface area (Å²) in [6.45, 7) is 22.1. The minimum absolute atomic E-state index is 0. The minimum Gasteiger partial charge on any atom is -0.329 e. The predicted octanol–water partition coefficient (Wildman–Crippen LogP) is 5.57. The van der Waals surface area contributed by atoms with Crippen LogP contribution < -0.4 is 49.9 Å². The highest BCUT2D eigenvalue weighted by molar-refractivity contribution is 6.92. The second-order valence-corrected chi connectivity index (χ2v) is 13.4. The lowest BCUT2D eigenvalue weighted by Gasteiger charge is -2.20. The van der Waals surface area contributed by atoms with Crippen LogP contribution in [0.4, 0.5) is 0 Å². The Hall–Kier alpha value is -1.80.